The highest BCUT2D eigenvalue weighted by molar-refractivity contribution is 9.10. The van der Waals surface area contributed by atoms with Crippen LogP contribution in [0.25, 0.3) is 0 Å². The minimum atomic E-state index is -1.16. The average molecular weight is 374 g/mol. The number of benzene rings is 1. The summed E-state index contributed by atoms with van der Waals surface area (Å²) in [5.74, 6) is -0.994. The molecule has 110 valence electrons. The molecule has 8 heteroatoms. The van der Waals surface area contributed by atoms with E-state index in [9.17, 15) is 9.59 Å². The summed E-state index contributed by atoms with van der Waals surface area (Å²) >= 11 is 9.13. The molecule has 0 aliphatic heterocycles. The number of carboxylic acids is 1. The molecule has 0 unspecified atom stereocenters. The van der Waals surface area contributed by atoms with Crippen LogP contribution in [0.15, 0.2) is 39.2 Å². The Morgan fingerprint density at radius 3 is 2.71 bits per heavy atom. The van der Waals surface area contributed by atoms with Crippen molar-refractivity contribution < 1.29 is 19.1 Å². The molecular weight excluding hydrogens is 364 g/mol. The van der Waals surface area contributed by atoms with E-state index in [2.05, 4.69) is 26.6 Å². The summed E-state index contributed by atoms with van der Waals surface area (Å²) in [6.45, 7) is 0.0668. The third-order valence-corrected chi connectivity index (χ3v) is 3.40. The van der Waals surface area contributed by atoms with E-state index in [0.717, 1.165) is 0 Å². The van der Waals surface area contributed by atoms with Gasteiger partial charge in [0.15, 0.2) is 0 Å². The fourth-order valence-corrected chi connectivity index (χ4v) is 2.03. The second-order valence-electron chi connectivity index (χ2n) is 4.00. The minimum Gasteiger partial charge on any atom is -0.475 e. The van der Waals surface area contributed by atoms with Crippen molar-refractivity contribution in [3.63, 3.8) is 0 Å². The monoisotopic (exact) mass is 372 g/mol. The summed E-state index contributed by atoms with van der Waals surface area (Å²) < 4.78 is 5.70. The average Bonchev–Trinajstić information content (AvgIpc) is 2.90. The Morgan fingerprint density at radius 1 is 1.29 bits per heavy atom. The Labute approximate surface area is 133 Å². The summed E-state index contributed by atoms with van der Waals surface area (Å²) in [5, 5.41) is 14.4. The number of hydrogen-bond acceptors (Lipinski definition) is 3. The second kappa shape index (κ2) is 6.64. The number of urea groups is 1. The lowest BCUT2D eigenvalue weighted by atomic mass is 10.3. The Kier molecular flexibility index (Phi) is 4.87. The Morgan fingerprint density at radius 2 is 2.05 bits per heavy atom. The first-order valence-electron chi connectivity index (χ1n) is 5.77. The summed E-state index contributed by atoms with van der Waals surface area (Å²) in [6.07, 6.45) is 0. The minimum absolute atomic E-state index is 0.0668. The Bertz CT molecular complexity index is 687. The molecule has 0 radical (unpaired) electrons. The molecule has 1 heterocycles. The molecular formula is C13H10BrClN2O4. The van der Waals surface area contributed by atoms with E-state index in [1.165, 1.54) is 12.1 Å². The van der Waals surface area contributed by atoms with Crippen LogP contribution in [0, 0.1) is 0 Å². The maximum absolute atomic E-state index is 11.7. The lowest BCUT2D eigenvalue weighted by Crippen LogP contribution is -2.28. The molecule has 0 atom stereocenters. The van der Waals surface area contributed by atoms with Crippen LogP contribution < -0.4 is 10.6 Å². The Hall–Kier alpha value is -1.99. The van der Waals surface area contributed by atoms with Crippen molar-refractivity contribution in [1.82, 2.24) is 5.32 Å². The molecule has 2 aromatic rings. The van der Waals surface area contributed by atoms with Crippen molar-refractivity contribution in [3.05, 3.63) is 51.3 Å². The fourth-order valence-electron chi connectivity index (χ4n) is 1.52. The molecule has 0 bridgehead atoms. The number of amides is 2. The molecule has 1 aromatic heterocycles. The van der Waals surface area contributed by atoms with Gasteiger partial charge in [-0.25, -0.2) is 9.59 Å². The van der Waals surface area contributed by atoms with Gasteiger partial charge in [0.25, 0.3) is 0 Å². The third-order valence-electron chi connectivity index (χ3n) is 2.47. The largest absolute Gasteiger partial charge is 0.475 e. The first-order chi connectivity index (χ1) is 9.95. The number of halogens is 2. The zero-order chi connectivity index (χ0) is 15.4. The zero-order valence-corrected chi connectivity index (χ0v) is 12.9. The number of rotatable bonds is 4. The van der Waals surface area contributed by atoms with Crippen LogP contribution in [0.3, 0.4) is 0 Å². The molecule has 0 aliphatic carbocycles. The molecule has 21 heavy (non-hydrogen) atoms. The molecule has 0 aliphatic rings. The summed E-state index contributed by atoms with van der Waals surface area (Å²) in [4.78, 5) is 22.4. The molecule has 0 saturated heterocycles. The maximum atomic E-state index is 11.7. The van der Waals surface area contributed by atoms with Crippen molar-refractivity contribution >= 4 is 45.2 Å². The smallest absolute Gasteiger partial charge is 0.371 e. The van der Waals surface area contributed by atoms with Gasteiger partial charge in [-0.1, -0.05) is 11.6 Å². The van der Waals surface area contributed by atoms with Gasteiger partial charge in [-0.3, -0.25) is 0 Å². The number of furan rings is 1. The van der Waals surface area contributed by atoms with Crippen molar-refractivity contribution in [2.45, 2.75) is 6.54 Å². The molecule has 0 spiro atoms. The predicted molar refractivity (Wildman–Crippen MR) is 80.7 cm³/mol. The zero-order valence-electron chi connectivity index (χ0n) is 10.5. The summed E-state index contributed by atoms with van der Waals surface area (Å²) in [7, 11) is 0. The van der Waals surface area contributed by atoms with E-state index < -0.39 is 12.0 Å². The molecule has 1 aromatic carbocycles. The van der Waals surface area contributed by atoms with Crippen LogP contribution in [0.5, 0.6) is 0 Å². The van der Waals surface area contributed by atoms with Crippen LogP contribution in [-0.4, -0.2) is 17.1 Å². The highest BCUT2D eigenvalue weighted by atomic mass is 79.9. The van der Waals surface area contributed by atoms with Gasteiger partial charge in [0.1, 0.15) is 5.76 Å². The van der Waals surface area contributed by atoms with Crippen LogP contribution >= 0.6 is 27.5 Å². The highest BCUT2D eigenvalue weighted by Gasteiger charge is 2.10. The lowest BCUT2D eigenvalue weighted by Gasteiger charge is -2.08. The Balaban J connectivity index is 1.92. The topological polar surface area (TPSA) is 91.6 Å². The van der Waals surface area contributed by atoms with Crippen LogP contribution in [-0.2, 0) is 6.54 Å². The van der Waals surface area contributed by atoms with Crippen LogP contribution in [0.1, 0.15) is 16.3 Å². The molecule has 2 rings (SSSR count). The van der Waals surface area contributed by atoms with Gasteiger partial charge in [0.2, 0.25) is 5.76 Å². The van der Waals surface area contributed by atoms with Gasteiger partial charge < -0.3 is 20.2 Å². The van der Waals surface area contributed by atoms with E-state index in [1.807, 2.05) is 0 Å². The van der Waals surface area contributed by atoms with Gasteiger partial charge in [0, 0.05) is 9.50 Å². The van der Waals surface area contributed by atoms with E-state index in [4.69, 9.17) is 21.1 Å². The number of aromatic carboxylic acids is 1. The van der Waals surface area contributed by atoms with Gasteiger partial charge in [-0.2, -0.15) is 0 Å². The van der Waals surface area contributed by atoms with Crippen molar-refractivity contribution in [1.29, 1.82) is 0 Å². The molecule has 3 N–H and O–H groups in total. The van der Waals surface area contributed by atoms with Crippen LogP contribution in [0.2, 0.25) is 5.02 Å². The van der Waals surface area contributed by atoms with E-state index in [0.29, 0.717) is 20.9 Å². The number of carbonyl (C=O) groups excluding carboxylic acids is 1. The third kappa shape index (κ3) is 4.24. The SMILES string of the molecule is O=C(NCc1ccc(C(=O)O)o1)Nc1cc(Cl)ccc1Br. The maximum Gasteiger partial charge on any atom is 0.371 e. The molecule has 0 fully saturated rings. The summed E-state index contributed by atoms with van der Waals surface area (Å²) in [6, 6.07) is 7.34. The van der Waals surface area contributed by atoms with Gasteiger partial charge >= 0.3 is 12.0 Å². The molecule has 6 nitrogen and oxygen atoms in total. The normalized spacial score (nSPS) is 10.2. The summed E-state index contributed by atoms with van der Waals surface area (Å²) in [5.41, 5.74) is 0.519. The number of carbonyl (C=O) groups is 2. The number of hydrogen-bond donors (Lipinski definition) is 3. The van der Waals surface area contributed by atoms with Gasteiger partial charge in [0.05, 0.1) is 12.2 Å². The van der Waals surface area contributed by atoms with Gasteiger partial charge in [-0.15, -0.1) is 0 Å². The van der Waals surface area contributed by atoms with Crippen molar-refractivity contribution in [2.75, 3.05) is 5.32 Å². The number of carboxylic acid groups (broad SMARTS) is 1. The second-order valence-corrected chi connectivity index (χ2v) is 5.29. The predicted octanol–water partition coefficient (Wildman–Crippen LogP) is 3.72. The highest BCUT2D eigenvalue weighted by Crippen LogP contribution is 2.25. The number of nitrogens with one attached hydrogen (secondary N) is 2. The quantitative estimate of drug-likeness (QED) is 0.762. The van der Waals surface area contributed by atoms with Gasteiger partial charge in [-0.05, 0) is 46.3 Å². The van der Waals surface area contributed by atoms with Crippen molar-refractivity contribution in [3.8, 4) is 0 Å². The lowest BCUT2D eigenvalue weighted by molar-refractivity contribution is 0.0660. The number of anilines is 1. The first-order valence-corrected chi connectivity index (χ1v) is 6.94. The van der Waals surface area contributed by atoms with E-state index in [1.54, 1.807) is 18.2 Å². The molecule has 0 saturated carbocycles. The molecule has 2 amide bonds. The standard InChI is InChI=1S/C13H10BrClN2O4/c14-9-3-1-7(15)5-10(9)17-13(20)16-6-8-2-4-11(21-8)12(18)19/h1-5H,6H2,(H,18,19)(H2,16,17,20). The van der Waals surface area contributed by atoms with E-state index in [-0.39, 0.29) is 12.3 Å². The fraction of sp³-hybridized carbons (Fsp3) is 0.0769. The van der Waals surface area contributed by atoms with E-state index >= 15 is 0 Å². The van der Waals surface area contributed by atoms with Crippen LogP contribution in [0.4, 0.5) is 10.5 Å². The first kappa shape index (κ1) is 15.4. The van der Waals surface area contributed by atoms with Crippen molar-refractivity contribution in [2.24, 2.45) is 0 Å².